The summed E-state index contributed by atoms with van der Waals surface area (Å²) < 4.78 is 3.98. The van der Waals surface area contributed by atoms with E-state index in [9.17, 15) is 0 Å². The van der Waals surface area contributed by atoms with E-state index in [2.05, 4.69) is 0 Å². The van der Waals surface area contributed by atoms with Crippen LogP contribution in [0.25, 0.3) is 0 Å². The molecule has 0 bridgehead atoms. The predicted molar refractivity (Wildman–Crippen MR) is 57.7 cm³/mol. The van der Waals surface area contributed by atoms with E-state index in [0.717, 1.165) is 12.8 Å². The molecule has 0 N–H and O–H groups in total. The van der Waals surface area contributed by atoms with E-state index < -0.39 is 3.79 Å². The van der Waals surface area contributed by atoms with Crippen molar-refractivity contribution in [2.24, 2.45) is 5.92 Å². The summed E-state index contributed by atoms with van der Waals surface area (Å²) in [5.74, 6) is 0.409. The normalized spacial score (nSPS) is 23.1. The summed E-state index contributed by atoms with van der Waals surface area (Å²) in [6.45, 7) is 0. The first-order chi connectivity index (χ1) is 6.05. The summed E-state index contributed by atoms with van der Waals surface area (Å²) in [6, 6.07) is 0. The van der Waals surface area contributed by atoms with Gasteiger partial charge in [0.25, 0.3) is 0 Å². The number of hydrogen-bond donors (Lipinski definition) is 0. The zero-order chi connectivity index (χ0) is 9.90. The van der Waals surface area contributed by atoms with Crippen molar-refractivity contribution < 1.29 is 4.74 Å². The number of halogens is 3. The Morgan fingerprint density at radius 1 is 1.15 bits per heavy atom. The third kappa shape index (κ3) is 3.47. The summed E-state index contributed by atoms with van der Waals surface area (Å²) in [5.41, 5.74) is 0. The number of alkyl halides is 3. The molecule has 13 heavy (non-hydrogen) atoms. The molecular formula is C9H15Cl3O. The zero-order valence-corrected chi connectivity index (χ0v) is 10.0. The van der Waals surface area contributed by atoms with Crippen LogP contribution < -0.4 is 0 Å². The molecule has 1 atom stereocenters. The fraction of sp³-hybridized carbons (Fsp3) is 1.00. The predicted octanol–water partition coefficient (Wildman–Crippen LogP) is 3.95. The van der Waals surface area contributed by atoms with Gasteiger partial charge in [0.1, 0.15) is 6.10 Å². The Balaban J connectivity index is 2.54. The van der Waals surface area contributed by atoms with Gasteiger partial charge in [-0.3, -0.25) is 0 Å². The van der Waals surface area contributed by atoms with Crippen molar-refractivity contribution in [3.8, 4) is 0 Å². The van der Waals surface area contributed by atoms with Gasteiger partial charge in [0.15, 0.2) is 0 Å². The molecule has 0 aromatic heterocycles. The quantitative estimate of drug-likeness (QED) is 0.669. The maximum Gasteiger partial charge on any atom is 0.216 e. The van der Waals surface area contributed by atoms with Crippen LogP contribution in [0.5, 0.6) is 0 Å². The molecule has 0 aromatic carbocycles. The van der Waals surface area contributed by atoms with Crippen molar-refractivity contribution in [1.82, 2.24) is 0 Å². The van der Waals surface area contributed by atoms with Crippen molar-refractivity contribution in [1.29, 1.82) is 0 Å². The lowest BCUT2D eigenvalue weighted by Gasteiger charge is -2.33. The molecule has 78 valence electrons. The molecular weight excluding hydrogens is 230 g/mol. The molecule has 0 spiro atoms. The average molecular weight is 246 g/mol. The molecule has 0 heterocycles. The van der Waals surface area contributed by atoms with E-state index in [1.807, 2.05) is 0 Å². The van der Waals surface area contributed by atoms with E-state index in [1.54, 1.807) is 7.11 Å². The standard InChI is InChI=1S/C9H15Cl3O/c1-13-8(9(10,11)12)7-5-3-2-4-6-7/h7-8H,2-6H2,1H3. The second kappa shape index (κ2) is 5.06. The fourth-order valence-electron chi connectivity index (χ4n) is 2.03. The zero-order valence-electron chi connectivity index (χ0n) is 7.73. The lowest BCUT2D eigenvalue weighted by molar-refractivity contribution is 0.0395. The number of hydrogen-bond acceptors (Lipinski definition) is 1. The van der Waals surface area contributed by atoms with Gasteiger partial charge in [-0.2, -0.15) is 0 Å². The van der Waals surface area contributed by atoms with Gasteiger partial charge in [-0.15, -0.1) is 0 Å². The summed E-state index contributed by atoms with van der Waals surface area (Å²) in [6.07, 6.45) is 5.74. The highest BCUT2D eigenvalue weighted by Crippen LogP contribution is 2.40. The lowest BCUT2D eigenvalue weighted by Crippen LogP contribution is -2.36. The molecule has 1 fully saturated rings. The minimum atomic E-state index is -1.28. The van der Waals surface area contributed by atoms with E-state index in [4.69, 9.17) is 39.5 Å². The van der Waals surface area contributed by atoms with Gasteiger partial charge >= 0.3 is 0 Å². The van der Waals surface area contributed by atoms with Crippen LogP contribution in [-0.4, -0.2) is 17.0 Å². The highest BCUT2D eigenvalue weighted by atomic mass is 35.6. The maximum absolute atomic E-state index is 5.84. The summed E-state index contributed by atoms with van der Waals surface area (Å²) in [7, 11) is 1.61. The molecule has 0 radical (unpaired) electrons. The van der Waals surface area contributed by atoms with Gasteiger partial charge in [0, 0.05) is 7.11 Å². The van der Waals surface area contributed by atoms with Crippen LogP contribution in [0.2, 0.25) is 0 Å². The van der Waals surface area contributed by atoms with Crippen molar-refractivity contribution in [3.05, 3.63) is 0 Å². The van der Waals surface area contributed by atoms with Crippen molar-refractivity contribution >= 4 is 34.8 Å². The van der Waals surface area contributed by atoms with E-state index in [-0.39, 0.29) is 6.10 Å². The number of rotatable bonds is 2. The molecule has 0 aliphatic heterocycles. The van der Waals surface area contributed by atoms with E-state index in [1.165, 1.54) is 19.3 Å². The van der Waals surface area contributed by atoms with Crippen molar-refractivity contribution in [2.75, 3.05) is 7.11 Å². The molecule has 0 amide bonds. The van der Waals surface area contributed by atoms with Crippen LogP contribution in [0.4, 0.5) is 0 Å². The minimum absolute atomic E-state index is 0.252. The molecule has 1 nitrogen and oxygen atoms in total. The average Bonchev–Trinajstić information content (AvgIpc) is 2.05. The van der Waals surface area contributed by atoms with Gasteiger partial charge in [-0.05, 0) is 18.8 Å². The van der Waals surface area contributed by atoms with Crippen LogP contribution in [0.1, 0.15) is 32.1 Å². The summed E-state index contributed by atoms with van der Waals surface area (Å²) >= 11 is 17.5. The van der Waals surface area contributed by atoms with E-state index >= 15 is 0 Å². The topological polar surface area (TPSA) is 9.23 Å². The monoisotopic (exact) mass is 244 g/mol. The van der Waals surface area contributed by atoms with Gasteiger partial charge in [-0.25, -0.2) is 0 Å². The van der Waals surface area contributed by atoms with Crippen LogP contribution in [0.3, 0.4) is 0 Å². The second-order valence-corrected chi connectivity index (χ2v) is 5.96. The Hall–Kier alpha value is 0.830. The first-order valence-electron chi connectivity index (χ1n) is 4.65. The van der Waals surface area contributed by atoms with Crippen LogP contribution in [-0.2, 0) is 4.74 Å². The molecule has 0 saturated heterocycles. The van der Waals surface area contributed by atoms with Crippen LogP contribution >= 0.6 is 34.8 Å². The highest BCUT2D eigenvalue weighted by Gasteiger charge is 2.39. The smallest absolute Gasteiger partial charge is 0.216 e. The summed E-state index contributed by atoms with van der Waals surface area (Å²) in [4.78, 5) is 0. The summed E-state index contributed by atoms with van der Waals surface area (Å²) in [5, 5.41) is 0. The van der Waals surface area contributed by atoms with Crippen LogP contribution in [0, 0.1) is 5.92 Å². The first-order valence-corrected chi connectivity index (χ1v) is 5.78. The Morgan fingerprint density at radius 2 is 1.69 bits per heavy atom. The molecule has 1 unspecified atom stereocenters. The van der Waals surface area contributed by atoms with Crippen molar-refractivity contribution in [3.63, 3.8) is 0 Å². The minimum Gasteiger partial charge on any atom is -0.377 e. The Kier molecular flexibility index (Phi) is 4.64. The van der Waals surface area contributed by atoms with Gasteiger partial charge in [0.2, 0.25) is 3.79 Å². The molecule has 4 heteroatoms. The lowest BCUT2D eigenvalue weighted by atomic mass is 9.85. The fourth-order valence-corrected chi connectivity index (χ4v) is 2.83. The van der Waals surface area contributed by atoms with Gasteiger partial charge in [0.05, 0.1) is 0 Å². The first kappa shape index (κ1) is 11.9. The molecule has 1 saturated carbocycles. The number of ether oxygens (including phenoxy) is 1. The third-order valence-corrected chi connectivity index (χ3v) is 3.30. The largest absolute Gasteiger partial charge is 0.377 e. The molecule has 0 aromatic rings. The van der Waals surface area contributed by atoms with Crippen molar-refractivity contribution in [2.45, 2.75) is 42.0 Å². The molecule has 1 aliphatic carbocycles. The molecule has 1 aliphatic rings. The van der Waals surface area contributed by atoms with Crippen LogP contribution in [0.15, 0.2) is 0 Å². The Morgan fingerprint density at radius 3 is 2.08 bits per heavy atom. The maximum atomic E-state index is 5.84. The number of methoxy groups -OCH3 is 1. The highest BCUT2D eigenvalue weighted by molar-refractivity contribution is 6.68. The van der Waals surface area contributed by atoms with E-state index in [0.29, 0.717) is 5.92 Å². The second-order valence-electron chi connectivity index (χ2n) is 3.60. The Labute approximate surface area is 94.7 Å². The third-order valence-electron chi connectivity index (χ3n) is 2.65. The Bertz CT molecular complexity index is 149. The van der Waals surface area contributed by atoms with Gasteiger partial charge in [-0.1, -0.05) is 54.1 Å². The SMILES string of the molecule is COC(C1CCCCC1)C(Cl)(Cl)Cl. The molecule has 1 rings (SSSR count). The van der Waals surface area contributed by atoms with Gasteiger partial charge < -0.3 is 4.74 Å².